The quantitative estimate of drug-likeness (QED) is 0.358. The number of thioether (sulfide) groups is 1. The monoisotopic (exact) mass is 264 g/mol. The number of nitro groups is 1. The van der Waals surface area contributed by atoms with Gasteiger partial charge in [0, 0.05) is 11.8 Å². The maximum Gasteiger partial charge on any atom is 0.301 e. The maximum absolute atomic E-state index is 10.6. The summed E-state index contributed by atoms with van der Waals surface area (Å²) in [6.07, 6.45) is -0.939. The summed E-state index contributed by atoms with van der Waals surface area (Å²) in [5.41, 5.74) is -0.167. The Morgan fingerprint density at radius 3 is 2.88 bits per heavy atom. The van der Waals surface area contributed by atoms with E-state index in [1.54, 1.807) is 0 Å². The van der Waals surface area contributed by atoms with Crippen LogP contribution >= 0.6 is 23.4 Å². The van der Waals surface area contributed by atoms with E-state index >= 15 is 0 Å². The van der Waals surface area contributed by atoms with Crippen molar-refractivity contribution in [1.82, 2.24) is 4.98 Å². The Hall–Kier alpha value is -0.890. The summed E-state index contributed by atoms with van der Waals surface area (Å²) in [7, 11) is 0. The Morgan fingerprint density at radius 2 is 2.31 bits per heavy atom. The van der Waals surface area contributed by atoms with E-state index in [9.17, 15) is 10.1 Å². The van der Waals surface area contributed by atoms with E-state index in [1.165, 1.54) is 12.1 Å². The SMILES string of the molecule is O=[N+]([O-])c1ccc(Cl)nc1SCC(O)CO. The lowest BCUT2D eigenvalue weighted by atomic mass is 10.4. The van der Waals surface area contributed by atoms with Gasteiger partial charge in [0.1, 0.15) is 5.15 Å². The summed E-state index contributed by atoms with van der Waals surface area (Å²) in [5, 5.41) is 28.6. The van der Waals surface area contributed by atoms with Crippen LogP contribution in [-0.2, 0) is 0 Å². The predicted octanol–water partition coefficient (Wildman–Crippen LogP) is 1.09. The summed E-state index contributed by atoms with van der Waals surface area (Å²) in [4.78, 5) is 13.9. The molecule has 1 unspecified atom stereocenters. The second kappa shape index (κ2) is 6.00. The van der Waals surface area contributed by atoms with Crippen LogP contribution in [0.4, 0.5) is 5.69 Å². The van der Waals surface area contributed by atoms with Crippen molar-refractivity contribution in [2.45, 2.75) is 11.1 Å². The molecule has 6 nitrogen and oxygen atoms in total. The van der Waals surface area contributed by atoms with E-state index in [-0.39, 0.29) is 21.6 Å². The van der Waals surface area contributed by atoms with Gasteiger partial charge in [0.25, 0.3) is 0 Å². The minimum absolute atomic E-state index is 0.116. The Bertz CT molecular complexity index is 390. The fourth-order valence-electron chi connectivity index (χ4n) is 0.884. The first-order valence-electron chi connectivity index (χ1n) is 4.27. The van der Waals surface area contributed by atoms with Crippen molar-refractivity contribution >= 4 is 29.1 Å². The van der Waals surface area contributed by atoms with Gasteiger partial charge in [0.05, 0.1) is 17.6 Å². The van der Waals surface area contributed by atoms with Gasteiger partial charge < -0.3 is 10.2 Å². The molecule has 1 rings (SSSR count). The molecule has 1 aromatic heterocycles. The zero-order chi connectivity index (χ0) is 12.1. The number of aliphatic hydroxyl groups excluding tert-OH is 2. The predicted molar refractivity (Wildman–Crippen MR) is 59.7 cm³/mol. The minimum Gasteiger partial charge on any atom is -0.394 e. The first kappa shape index (κ1) is 13.2. The van der Waals surface area contributed by atoms with Crippen LogP contribution in [0, 0.1) is 10.1 Å². The first-order chi connectivity index (χ1) is 7.54. The lowest BCUT2D eigenvalue weighted by Gasteiger charge is -2.06. The minimum atomic E-state index is -0.939. The Morgan fingerprint density at radius 1 is 1.62 bits per heavy atom. The van der Waals surface area contributed by atoms with Crippen molar-refractivity contribution in [2.24, 2.45) is 0 Å². The van der Waals surface area contributed by atoms with Gasteiger partial charge in [0.15, 0.2) is 5.03 Å². The van der Waals surface area contributed by atoms with Gasteiger partial charge in [-0.05, 0) is 6.07 Å². The van der Waals surface area contributed by atoms with E-state index in [2.05, 4.69) is 4.98 Å². The molecule has 0 spiro atoms. The zero-order valence-electron chi connectivity index (χ0n) is 8.04. The van der Waals surface area contributed by atoms with E-state index < -0.39 is 17.6 Å². The van der Waals surface area contributed by atoms with Gasteiger partial charge in [-0.2, -0.15) is 0 Å². The van der Waals surface area contributed by atoms with Crippen LogP contribution in [0.25, 0.3) is 0 Å². The summed E-state index contributed by atoms with van der Waals surface area (Å²) in [6.45, 7) is -0.401. The van der Waals surface area contributed by atoms with Gasteiger partial charge in [-0.25, -0.2) is 4.98 Å². The molecule has 1 aromatic rings. The molecule has 0 aliphatic heterocycles. The molecule has 0 aliphatic carbocycles. The molecular weight excluding hydrogens is 256 g/mol. The molecule has 1 heterocycles. The van der Waals surface area contributed by atoms with Gasteiger partial charge in [-0.3, -0.25) is 10.1 Å². The topological polar surface area (TPSA) is 96.5 Å². The highest BCUT2D eigenvalue weighted by molar-refractivity contribution is 7.99. The van der Waals surface area contributed by atoms with Crippen molar-refractivity contribution in [1.29, 1.82) is 0 Å². The van der Waals surface area contributed by atoms with Crippen molar-refractivity contribution in [3.63, 3.8) is 0 Å². The number of halogens is 1. The number of pyridine rings is 1. The summed E-state index contributed by atoms with van der Waals surface area (Å²) in [5.74, 6) is 0.116. The molecule has 88 valence electrons. The third-order valence-electron chi connectivity index (χ3n) is 1.63. The van der Waals surface area contributed by atoms with Crippen LogP contribution in [-0.4, -0.2) is 38.6 Å². The summed E-state index contributed by atoms with van der Waals surface area (Å²) < 4.78 is 0. The largest absolute Gasteiger partial charge is 0.394 e. The van der Waals surface area contributed by atoms with Crippen LogP contribution < -0.4 is 0 Å². The molecule has 0 amide bonds. The molecule has 1 atom stereocenters. The average molecular weight is 265 g/mol. The van der Waals surface area contributed by atoms with Crippen LogP contribution in [0.1, 0.15) is 0 Å². The second-order valence-electron chi connectivity index (χ2n) is 2.86. The number of hydrogen-bond acceptors (Lipinski definition) is 6. The van der Waals surface area contributed by atoms with Crippen LogP contribution in [0.2, 0.25) is 5.15 Å². The lowest BCUT2D eigenvalue weighted by Crippen LogP contribution is -2.14. The smallest absolute Gasteiger partial charge is 0.301 e. The highest BCUT2D eigenvalue weighted by Crippen LogP contribution is 2.28. The molecule has 8 heteroatoms. The van der Waals surface area contributed by atoms with E-state index in [0.29, 0.717) is 0 Å². The molecule has 0 fully saturated rings. The fraction of sp³-hybridized carbons (Fsp3) is 0.375. The van der Waals surface area contributed by atoms with Gasteiger partial charge in [0.2, 0.25) is 0 Å². The third kappa shape index (κ3) is 3.60. The first-order valence-corrected chi connectivity index (χ1v) is 5.63. The van der Waals surface area contributed by atoms with Crippen LogP contribution in [0.15, 0.2) is 17.2 Å². The average Bonchev–Trinajstić information content (AvgIpc) is 2.25. The summed E-state index contributed by atoms with van der Waals surface area (Å²) in [6, 6.07) is 2.58. The van der Waals surface area contributed by atoms with Crippen molar-refractivity contribution < 1.29 is 15.1 Å². The molecule has 0 saturated carbocycles. The number of rotatable bonds is 5. The van der Waals surface area contributed by atoms with Gasteiger partial charge >= 0.3 is 5.69 Å². The molecule has 0 bridgehead atoms. The Kier molecular flexibility index (Phi) is 4.94. The van der Waals surface area contributed by atoms with Gasteiger partial charge in [-0.1, -0.05) is 23.4 Å². The van der Waals surface area contributed by atoms with E-state index in [1.807, 2.05) is 0 Å². The summed E-state index contributed by atoms with van der Waals surface area (Å²) >= 11 is 6.59. The number of aliphatic hydroxyl groups is 2. The number of nitrogens with zero attached hydrogens (tertiary/aromatic N) is 2. The molecule has 0 radical (unpaired) electrons. The third-order valence-corrected chi connectivity index (χ3v) is 2.96. The second-order valence-corrected chi connectivity index (χ2v) is 4.26. The van der Waals surface area contributed by atoms with Crippen molar-refractivity contribution in [3.05, 3.63) is 27.4 Å². The van der Waals surface area contributed by atoms with Crippen molar-refractivity contribution in [2.75, 3.05) is 12.4 Å². The molecule has 0 aromatic carbocycles. The van der Waals surface area contributed by atoms with E-state index in [4.69, 9.17) is 21.8 Å². The Balaban J connectivity index is 2.84. The maximum atomic E-state index is 10.6. The normalized spacial score (nSPS) is 12.4. The molecule has 2 N–H and O–H groups in total. The van der Waals surface area contributed by atoms with Crippen LogP contribution in [0.3, 0.4) is 0 Å². The zero-order valence-corrected chi connectivity index (χ0v) is 9.61. The molecule has 0 saturated heterocycles. The van der Waals surface area contributed by atoms with Crippen molar-refractivity contribution in [3.8, 4) is 0 Å². The van der Waals surface area contributed by atoms with Gasteiger partial charge in [-0.15, -0.1) is 0 Å². The fourth-order valence-corrected chi connectivity index (χ4v) is 1.99. The molecule has 16 heavy (non-hydrogen) atoms. The Labute approximate surface area is 100 Å². The van der Waals surface area contributed by atoms with E-state index in [0.717, 1.165) is 11.8 Å². The van der Waals surface area contributed by atoms with Crippen LogP contribution in [0.5, 0.6) is 0 Å². The number of hydrogen-bond donors (Lipinski definition) is 2. The standard InChI is InChI=1S/C8H9ClN2O4S/c9-7-2-1-6(11(14)15)8(10-7)16-4-5(13)3-12/h1-2,5,12-13H,3-4H2. The number of aromatic nitrogens is 1. The molecule has 0 aliphatic rings. The lowest BCUT2D eigenvalue weighted by molar-refractivity contribution is -0.388. The highest BCUT2D eigenvalue weighted by Gasteiger charge is 2.17. The highest BCUT2D eigenvalue weighted by atomic mass is 35.5. The molecular formula is C8H9ClN2O4S.